The van der Waals surface area contributed by atoms with Crippen LogP contribution < -0.4 is 5.32 Å². The summed E-state index contributed by atoms with van der Waals surface area (Å²) in [5, 5.41) is 17.1. The zero-order valence-electron chi connectivity index (χ0n) is 20.8. The van der Waals surface area contributed by atoms with Gasteiger partial charge in [-0.15, -0.1) is 10.2 Å². The van der Waals surface area contributed by atoms with Crippen molar-refractivity contribution in [3.05, 3.63) is 102 Å². The summed E-state index contributed by atoms with van der Waals surface area (Å²) in [6, 6.07) is 26.2. The van der Waals surface area contributed by atoms with E-state index >= 15 is 0 Å². The Hall–Kier alpha value is -4.41. The van der Waals surface area contributed by atoms with Crippen molar-refractivity contribution in [3.8, 4) is 22.8 Å². The second kappa shape index (κ2) is 12.0. The van der Waals surface area contributed by atoms with Crippen LogP contribution in [0.2, 0.25) is 5.02 Å². The van der Waals surface area contributed by atoms with Crippen LogP contribution in [0, 0.1) is 0 Å². The van der Waals surface area contributed by atoms with Crippen LogP contribution >= 0.6 is 23.4 Å². The van der Waals surface area contributed by atoms with Gasteiger partial charge >= 0.3 is 5.97 Å². The van der Waals surface area contributed by atoms with E-state index in [-0.39, 0.29) is 29.6 Å². The first-order valence-corrected chi connectivity index (χ1v) is 13.4. The maximum Gasteiger partial charge on any atom is 0.343 e. The largest absolute Gasteiger partial charge is 0.462 e. The van der Waals surface area contributed by atoms with Crippen molar-refractivity contribution in [1.29, 1.82) is 0 Å². The minimum atomic E-state index is -0.570. The average molecular weight is 559 g/mol. The predicted molar refractivity (Wildman–Crippen MR) is 151 cm³/mol. The molecule has 0 fully saturated rings. The first kappa shape index (κ1) is 26.2. The fourth-order valence-electron chi connectivity index (χ4n) is 3.85. The van der Waals surface area contributed by atoms with Gasteiger partial charge in [0.25, 0.3) is 0 Å². The topological polar surface area (TPSA) is 104 Å². The van der Waals surface area contributed by atoms with Crippen LogP contribution in [0.15, 0.2) is 96.3 Å². The number of aromatic nitrogens is 5. The standard InChI is InChI=1S/C28H23ClN6O3S/c1-2-38-27(37)23-17-30-35(22-11-7-4-8-12-22)26(23)31-24(36)18-39-28-33-32-25(19-13-15-20(29)16-14-19)34(28)21-9-5-3-6-10-21/h3-17H,2,18H2,1H3,(H,31,36). The third-order valence-corrected chi connectivity index (χ3v) is 6.79. The van der Waals surface area contributed by atoms with Crippen molar-refractivity contribution in [2.45, 2.75) is 12.1 Å². The van der Waals surface area contributed by atoms with Crippen LogP contribution in [-0.2, 0) is 9.53 Å². The lowest BCUT2D eigenvalue weighted by Crippen LogP contribution is -2.19. The number of carbonyl (C=O) groups is 2. The number of esters is 1. The van der Waals surface area contributed by atoms with Gasteiger partial charge in [-0.3, -0.25) is 9.36 Å². The third-order valence-electron chi connectivity index (χ3n) is 5.61. The van der Waals surface area contributed by atoms with Crippen LogP contribution in [0.1, 0.15) is 17.3 Å². The molecule has 0 saturated heterocycles. The van der Waals surface area contributed by atoms with Crippen LogP contribution in [0.3, 0.4) is 0 Å². The van der Waals surface area contributed by atoms with E-state index in [1.54, 1.807) is 19.1 Å². The number of para-hydroxylation sites is 2. The molecule has 1 N–H and O–H groups in total. The minimum Gasteiger partial charge on any atom is -0.462 e. The summed E-state index contributed by atoms with van der Waals surface area (Å²) in [7, 11) is 0. The summed E-state index contributed by atoms with van der Waals surface area (Å²) in [5.41, 5.74) is 2.53. The first-order chi connectivity index (χ1) is 19.0. The summed E-state index contributed by atoms with van der Waals surface area (Å²) in [6.07, 6.45) is 1.39. The summed E-state index contributed by atoms with van der Waals surface area (Å²) in [5.74, 6) is -0.0597. The summed E-state index contributed by atoms with van der Waals surface area (Å²) in [4.78, 5) is 25.7. The number of anilines is 1. The number of nitrogens with one attached hydrogen (secondary N) is 1. The molecule has 5 aromatic rings. The molecule has 0 bridgehead atoms. The second-order valence-electron chi connectivity index (χ2n) is 8.20. The van der Waals surface area contributed by atoms with E-state index < -0.39 is 5.97 Å². The van der Waals surface area contributed by atoms with Crippen molar-refractivity contribution in [2.24, 2.45) is 0 Å². The molecule has 0 saturated carbocycles. The highest BCUT2D eigenvalue weighted by molar-refractivity contribution is 7.99. The monoisotopic (exact) mass is 558 g/mol. The van der Waals surface area contributed by atoms with Gasteiger partial charge in [0, 0.05) is 16.3 Å². The lowest BCUT2D eigenvalue weighted by atomic mass is 10.2. The highest BCUT2D eigenvalue weighted by atomic mass is 35.5. The Labute approximate surface area is 233 Å². The van der Waals surface area contributed by atoms with E-state index in [0.29, 0.717) is 21.7 Å². The first-order valence-electron chi connectivity index (χ1n) is 12.0. The van der Waals surface area contributed by atoms with Crippen LogP contribution in [0.4, 0.5) is 5.82 Å². The maximum absolute atomic E-state index is 13.2. The number of hydrogen-bond donors (Lipinski definition) is 1. The predicted octanol–water partition coefficient (Wildman–Crippen LogP) is 5.68. The van der Waals surface area contributed by atoms with Gasteiger partial charge in [-0.1, -0.05) is 59.8 Å². The fraction of sp³-hybridized carbons (Fsp3) is 0.107. The van der Waals surface area contributed by atoms with Crippen LogP contribution in [-0.4, -0.2) is 48.8 Å². The van der Waals surface area contributed by atoms with Gasteiger partial charge < -0.3 is 10.1 Å². The molecule has 0 aliphatic carbocycles. The number of nitrogens with zero attached hydrogens (tertiary/aromatic N) is 5. The number of hydrogen-bond acceptors (Lipinski definition) is 7. The highest BCUT2D eigenvalue weighted by Crippen LogP contribution is 2.29. The molecule has 0 unspecified atom stereocenters. The second-order valence-corrected chi connectivity index (χ2v) is 9.57. The van der Waals surface area contributed by atoms with E-state index in [2.05, 4.69) is 20.6 Å². The molecular weight excluding hydrogens is 536 g/mol. The Kier molecular flexibility index (Phi) is 8.04. The van der Waals surface area contributed by atoms with Gasteiger partial charge in [-0.05, 0) is 55.5 Å². The molecule has 11 heteroatoms. The van der Waals surface area contributed by atoms with Crippen molar-refractivity contribution >= 4 is 41.1 Å². The Morgan fingerprint density at radius 3 is 2.26 bits per heavy atom. The quantitative estimate of drug-likeness (QED) is 0.183. The van der Waals surface area contributed by atoms with Crippen LogP contribution in [0.5, 0.6) is 0 Å². The molecule has 3 aromatic carbocycles. The molecule has 9 nitrogen and oxygen atoms in total. The number of rotatable bonds is 9. The number of carbonyl (C=O) groups excluding carboxylic acids is 2. The number of benzene rings is 3. The zero-order valence-corrected chi connectivity index (χ0v) is 22.4. The molecule has 0 aliphatic rings. The molecular formula is C28H23ClN6O3S. The molecule has 2 heterocycles. The van der Waals surface area contributed by atoms with Gasteiger partial charge in [0.1, 0.15) is 5.56 Å². The Balaban J connectivity index is 1.41. The van der Waals surface area contributed by atoms with Gasteiger partial charge in [0.05, 0.1) is 24.2 Å². The molecule has 2 aromatic heterocycles. The zero-order chi connectivity index (χ0) is 27.2. The molecule has 39 heavy (non-hydrogen) atoms. The van der Waals surface area contributed by atoms with E-state index in [0.717, 1.165) is 11.3 Å². The summed E-state index contributed by atoms with van der Waals surface area (Å²) in [6.45, 7) is 1.92. The van der Waals surface area contributed by atoms with E-state index in [1.807, 2.05) is 77.4 Å². The molecule has 0 radical (unpaired) electrons. The molecule has 0 spiro atoms. The molecule has 5 rings (SSSR count). The number of halogens is 1. The van der Waals surface area contributed by atoms with E-state index in [9.17, 15) is 9.59 Å². The number of thioether (sulfide) groups is 1. The molecule has 196 valence electrons. The smallest absolute Gasteiger partial charge is 0.343 e. The fourth-order valence-corrected chi connectivity index (χ4v) is 4.73. The van der Waals surface area contributed by atoms with Crippen molar-refractivity contribution < 1.29 is 14.3 Å². The van der Waals surface area contributed by atoms with Gasteiger partial charge in [-0.2, -0.15) is 5.10 Å². The Bertz CT molecular complexity index is 1590. The summed E-state index contributed by atoms with van der Waals surface area (Å²) < 4.78 is 8.56. The lowest BCUT2D eigenvalue weighted by Gasteiger charge is -2.12. The number of amides is 1. The van der Waals surface area contributed by atoms with Gasteiger partial charge in [-0.25, -0.2) is 9.48 Å². The normalized spacial score (nSPS) is 10.8. The third kappa shape index (κ3) is 5.87. The van der Waals surface area contributed by atoms with Gasteiger partial charge in [0.2, 0.25) is 5.91 Å². The maximum atomic E-state index is 13.2. The molecule has 1 amide bonds. The van der Waals surface area contributed by atoms with E-state index in [1.165, 1.54) is 22.6 Å². The minimum absolute atomic E-state index is 0.00776. The van der Waals surface area contributed by atoms with Gasteiger partial charge in [0.15, 0.2) is 16.8 Å². The highest BCUT2D eigenvalue weighted by Gasteiger charge is 2.23. The SMILES string of the molecule is CCOC(=O)c1cnn(-c2ccccc2)c1NC(=O)CSc1nnc(-c2ccc(Cl)cc2)n1-c1ccccc1. The van der Waals surface area contributed by atoms with Crippen molar-refractivity contribution in [2.75, 3.05) is 17.7 Å². The average Bonchev–Trinajstić information content (AvgIpc) is 3.58. The summed E-state index contributed by atoms with van der Waals surface area (Å²) >= 11 is 7.30. The molecule has 0 aliphatic heterocycles. The van der Waals surface area contributed by atoms with E-state index in [4.69, 9.17) is 16.3 Å². The Morgan fingerprint density at radius 1 is 0.923 bits per heavy atom. The van der Waals surface area contributed by atoms with Crippen molar-refractivity contribution in [1.82, 2.24) is 24.5 Å². The Morgan fingerprint density at radius 2 is 1.59 bits per heavy atom. The van der Waals surface area contributed by atoms with Crippen LogP contribution in [0.25, 0.3) is 22.8 Å². The lowest BCUT2D eigenvalue weighted by molar-refractivity contribution is -0.113. The molecule has 0 atom stereocenters. The van der Waals surface area contributed by atoms with Crippen molar-refractivity contribution in [3.63, 3.8) is 0 Å². The number of ether oxygens (including phenoxy) is 1.